The molecule has 0 bridgehead atoms. The van der Waals surface area contributed by atoms with E-state index in [0.29, 0.717) is 29.3 Å². The summed E-state index contributed by atoms with van der Waals surface area (Å²) in [5, 5.41) is 9.75. The SMILES string of the molecule is C=CCOc1cccc(NC(=O)c2cn[nH]c2-c2ccccc2)c1. The molecule has 120 valence electrons. The highest BCUT2D eigenvalue weighted by Crippen LogP contribution is 2.23. The van der Waals surface area contributed by atoms with Crippen molar-refractivity contribution in [3.63, 3.8) is 0 Å². The van der Waals surface area contributed by atoms with Crippen molar-refractivity contribution in [1.82, 2.24) is 10.2 Å². The molecule has 1 heterocycles. The summed E-state index contributed by atoms with van der Waals surface area (Å²) in [4.78, 5) is 12.6. The molecule has 5 heteroatoms. The van der Waals surface area contributed by atoms with Gasteiger partial charge >= 0.3 is 0 Å². The second-order valence-corrected chi connectivity index (χ2v) is 5.11. The number of aromatic nitrogens is 2. The third-order valence-corrected chi connectivity index (χ3v) is 3.41. The van der Waals surface area contributed by atoms with Crippen LogP contribution in [0.25, 0.3) is 11.3 Å². The molecule has 1 amide bonds. The zero-order valence-corrected chi connectivity index (χ0v) is 13.0. The maximum Gasteiger partial charge on any atom is 0.259 e. The molecule has 0 aliphatic heterocycles. The van der Waals surface area contributed by atoms with Gasteiger partial charge in [0.15, 0.2) is 0 Å². The van der Waals surface area contributed by atoms with Gasteiger partial charge in [0.2, 0.25) is 0 Å². The number of benzene rings is 2. The van der Waals surface area contributed by atoms with Crippen molar-refractivity contribution in [2.75, 3.05) is 11.9 Å². The molecule has 0 atom stereocenters. The van der Waals surface area contributed by atoms with Gasteiger partial charge in [-0.05, 0) is 12.1 Å². The van der Waals surface area contributed by atoms with E-state index in [1.165, 1.54) is 6.20 Å². The molecule has 3 rings (SSSR count). The van der Waals surface area contributed by atoms with E-state index in [-0.39, 0.29) is 5.91 Å². The first kappa shape index (κ1) is 15.6. The Morgan fingerprint density at radius 3 is 2.83 bits per heavy atom. The number of carbonyl (C=O) groups is 1. The largest absolute Gasteiger partial charge is 0.489 e. The number of nitrogens with zero attached hydrogens (tertiary/aromatic N) is 1. The second kappa shape index (κ2) is 7.28. The van der Waals surface area contributed by atoms with E-state index in [2.05, 4.69) is 22.1 Å². The Hall–Kier alpha value is -3.34. The van der Waals surface area contributed by atoms with Gasteiger partial charge in [0.1, 0.15) is 12.4 Å². The fourth-order valence-corrected chi connectivity index (χ4v) is 2.30. The molecule has 3 aromatic rings. The van der Waals surface area contributed by atoms with E-state index in [4.69, 9.17) is 4.74 Å². The van der Waals surface area contributed by atoms with Crippen LogP contribution in [0.3, 0.4) is 0 Å². The summed E-state index contributed by atoms with van der Waals surface area (Å²) in [6.45, 7) is 4.03. The molecule has 5 nitrogen and oxygen atoms in total. The summed E-state index contributed by atoms with van der Waals surface area (Å²) >= 11 is 0. The highest BCUT2D eigenvalue weighted by molar-refractivity contribution is 6.08. The first-order valence-corrected chi connectivity index (χ1v) is 7.52. The Bertz CT molecular complexity index is 841. The van der Waals surface area contributed by atoms with Crippen molar-refractivity contribution >= 4 is 11.6 Å². The molecular weight excluding hydrogens is 302 g/mol. The van der Waals surface area contributed by atoms with Crippen LogP contribution in [0.15, 0.2) is 73.4 Å². The minimum atomic E-state index is -0.233. The molecule has 1 aromatic heterocycles. The molecule has 0 aliphatic carbocycles. The summed E-state index contributed by atoms with van der Waals surface area (Å²) < 4.78 is 5.47. The van der Waals surface area contributed by atoms with E-state index in [0.717, 1.165) is 5.56 Å². The van der Waals surface area contributed by atoms with E-state index in [9.17, 15) is 4.79 Å². The van der Waals surface area contributed by atoms with Crippen LogP contribution in [0.5, 0.6) is 5.75 Å². The Balaban J connectivity index is 1.79. The zero-order chi connectivity index (χ0) is 16.8. The number of H-pyrrole nitrogens is 1. The molecule has 0 radical (unpaired) electrons. The number of anilines is 1. The van der Waals surface area contributed by atoms with E-state index in [1.807, 2.05) is 42.5 Å². The number of nitrogens with one attached hydrogen (secondary N) is 2. The summed E-state index contributed by atoms with van der Waals surface area (Å²) in [6, 6.07) is 16.8. The number of aromatic amines is 1. The van der Waals surface area contributed by atoms with Crippen LogP contribution in [0.2, 0.25) is 0 Å². The van der Waals surface area contributed by atoms with Gasteiger partial charge in [-0.15, -0.1) is 0 Å². The minimum absolute atomic E-state index is 0.233. The first-order chi connectivity index (χ1) is 11.8. The Kier molecular flexibility index (Phi) is 4.72. The molecule has 0 saturated carbocycles. The minimum Gasteiger partial charge on any atom is -0.489 e. The first-order valence-electron chi connectivity index (χ1n) is 7.52. The molecule has 24 heavy (non-hydrogen) atoms. The molecule has 2 aromatic carbocycles. The van der Waals surface area contributed by atoms with Gasteiger partial charge in [-0.2, -0.15) is 5.10 Å². The van der Waals surface area contributed by atoms with Crippen molar-refractivity contribution in [2.45, 2.75) is 0 Å². The van der Waals surface area contributed by atoms with Crippen LogP contribution in [0, 0.1) is 0 Å². The van der Waals surface area contributed by atoms with Crippen molar-refractivity contribution in [1.29, 1.82) is 0 Å². The van der Waals surface area contributed by atoms with Crippen molar-refractivity contribution in [2.24, 2.45) is 0 Å². The summed E-state index contributed by atoms with van der Waals surface area (Å²) in [6.07, 6.45) is 3.19. The number of carbonyl (C=O) groups excluding carboxylic acids is 1. The average molecular weight is 319 g/mol. The monoisotopic (exact) mass is 319 g/mol. The Morgan fingerprint density at radius 1 is 1.21 bits per heavy atom. The number of amides is 1. The molecular formula is C19H17N3O2. The number of hydrogen-bond donors (Lipinski definition) is 2. The van der Waals surface area contributed by atoms with Gasteiger partial charge in [0, 0.05) is 17.3 Å². The normalized spacial score (nSPS) is 10.2. The van der Waals surface area contributed by atoms with Gasteiger partial charge in [0.05, 0.1) is 17.5 Å². The van der Waals surface area contributed by atoms with Crippen LogP contribution in [0.4, 0.5) is 5.69 Å². The fraction of sp³-hybridized carbons (Fsp3) is 0.0526. The van der Waals surface area contributed by atoms with Crippen LogP contribution in [0.1, 0.15) is 10.4 Å². The van der Waals surface area contributed by atoms with Crippen molar-refractivity contribution in [3.8, 4) is 17.0 Å². The average Bonchev–Trinajstić information content (AvgIpc) is 3.11. The topological polar surface area (TPSA) is 67.0 Å². The van der Waals surface area contributed by atoms with Gasteiger partial charge in [-0.3, -0.25) is 9.89 Å². The number of hydrogen-bond acceptors (Lipinski definition) is 3. The lowest BCUT2D eigenvalue weighted by molar-refractivity contribution is 0.102. The molecule has 0 aliphatic rings. The van der Waals surface area contributed by atoms with Crippen LogP contribution in [-0.2, 0) is 0 Å². The maximum absolute atomic E-state index is 12.6. The van der Waals surface area contributed by atoms with Gasteiger partial charge in [-0.25, -0.2) is 0 Å². The lowest BCUT2D eigenvalue weighted by atomic mass is 10.1. The Labute approximate surface area is 140 Å². The predicted octanol–water partition coefficient (Wildman–Crippen LogP) is 3.89. The van der Waals surface area contributed by atoms with Crippen LogP contribution in [-0.4, -0.2) is 22.7 Å². The maximum atomic E-state index is 12.6. The fourth-order valence-electron chi connectivity index (χ4n) is 2.30. The van der Waals surface area contributed by atoms with Gasteiger partial charge in [-0.1, -0.05) is 49.1 Å². The standard InChI is InChI=1S/C19H17N3O2/c1-2-11-24-16-10-6-9-15(12-16)21-19(23)17-13-20-22-18(17)14-7-4-3-5-8-14/h2-10,12-13H,1,11H2,(H,20,22)(H,21,23). The van der Waals surface area contributed by atoms with E-state index < -0.39 is 0 Å². The smallest absolute Gasteiger partial charge is 0.259 e. The van der Waals surface area contributed by atoms with E-state index >= 15 is 0 Å². The molecule has 0 unspecified atom stereocenters. The second-order valence-electron chi connectivity index (χ2n) is 5.11. The van der Waals surface area contributed by atoms with Crippen molar-refractivity contribution < 1.29 is 9.53 Å². The summed E-state index contributed by atoms with van der Waals surface area (Å²) in [7, 11) is 0. The number of rotatable bonds is 6. The Morgan fingerprint density at radius 2 is 2.04 bits per heavy atom. The van der Waals surface area contributed by atoms with Gasteiger partial charge in [0.25, 0.3) is 5.91 Å². The highest BCUT2D eigenvalue weighted by Gasteiger charge is 2.15. The molecule has 0 saturated heterocycles. The van der Waals surface area contributed by atoms with Crippen molar-refractivity contribution in [3.05, 3.63) is 79.0 Å². The lowest BCUT2D eigenvalue weighted by Crippen LogP contribution is -2.12. The zero-order valence-electron chi connectivity index (χ0n) is 13.0. The van der Waals surface area contributed by atoms with Crippen LogP contribution < -0.4 is 10.1 Å². The van der Waals surface area contributed by atoms with Gasteiger partial charge < -0.3 is 10.1 Å². The molecule has 0 fully saturated rings. The highest BCUT2D eigenvalue weighted by atomic mass is 16.5. The third-order valence-electron chi connectivity index (χ3n) is 3.41. The molecule has 0 spiro atoms. The predicted molar refractivity (Wildman–Crippen MR) is 94.1 cm³/mol. The van der Waals surface area contributed by atoms with Crippen LogP contribution >= 0.6 is 0 Å². The third kappa shape index (κ3) is 3.52. The number of ether oxygens (including phenoxy) is 1. The molecule has 2 N–H and O–H groups in total. The van der Waals surface area contributed by atoms with E-state index in [1.54, 1.807) is 18.2 Å². The summed E-state index contributed by atoms with van der Waals surface area (Å²) in [5.41, 5.74) is 2.73. The quantitative estimate of drug-likeness (QED) is 0.677. The lowest BCUT2D eigenvalue weighted by Gasteiger charge is -2.08. The summed E-state index contributed by atoms with van der Waals surface area (Å²) in [5.74, 6) is 0.437.